The Kier molecular flexibility index (Phi) is 5.07. The summed E-state index contributed by atoms with van der Waals surface area (Å²) in [5.74, 6) is 0.141. The Morgan fingerprint density at radius 1 is 1.12 bits per heavy atom. The predicted molar refractivity (Wildman–Crippen MR) is 98.5 cm³/mol. The molecule has 134 valence electrons. The number of esters is 1. The molecule has 5 nitrogen and oxygen atoms in total. The molecule has 0 aliphatic heterocycles. The molecule has 0 saturated heterocycles. The second-order valence-electron chi connectivity index (χ2n) is 6.12. The number of benzene rings is 2. The zero-order valence-electron chi connectivity index (χ0n) is 15.0. The summed E-state index contributed by atoms with van der Waals surface area (Å²) in [6.45, 7) is 4.26. The Morgan fingerprint density at radius 3 is 2.62 bits per heavy atom. The fourth-order valence-corrected chi connectivity index (χ4v) is 2.82. The fourth-order valence-electron chi connectivity index (χ4n) is 2.82. The van der Waals surface area contributed by atoms with Crippen LogP contribution in [0.5, 0.6) is 5.75 Å². The van der Waals surface area contributed by atoms with Crippen LogP contribution in [0.3, 0.4) is 0 Å². The lowest BCUT2D eigenvalue weighted by Gasteiger charge is -2.11. The van der Waals surface area contributed by atoms with Gasteiger partial charge in [-0.15, -0.1) is 0 Å². The number of rotatable bonds is 5. The van der Waals surface area contributed by atoms with Crippen molar-refractivity contribution < 1.29 is 18.7 Å². The third-order valence-electron chi connectivity index (χ3n) is 4.46. The van der Waals surface area contributed by atoms with Crippen LogP contribution in [0.1, 0.15) is 22.3 Å². The van der Waals surface area contributed by atoms with E-state index in [-0.39, 0.29) is 6.42 Å². The van der Waals surface area contributed by atoms with Crippen LogP contribution in [-0.4, -0.2) is 13.1 Å². The van der Waals surface area contributed by atoms with E-state index in [0.29, 0.717) is 29.1 Å². The third kappa shape index (κ3) is 3.61. The van der Waals surface area contributed by atoms with Gasteiger partial charge in [0, 0.05) is 11.5 Å². The van der Waals surface area contributed by atoms with Gasteiger partial charge in [-0.05, 0) is 42.7 Å². The highest BCUT2D eigenvalue weighted by Crippen LogP contribution is 2.25. The van der Waals surface area contributed by atoms with Gasteiger partial charge in [0.2, 0.25) is 0 Å². The Balaban J connectivity index is 1.89. The molecule has 0 N–H and O–H groups in total. The van der Waals surface area contributed by atoms with Gasteiger partial charge in [0.1, 0.15) is 17.9 Å². The monoisotopic (exact) mass is 352 g/mol. The van der Waals surface area contributed by atoms with Crippen molar-refractivity contribution in [1.29, 1.82) is 0 Å². The van der Waals surface area contributed by atoms with E-state index in [1.165, 1.54) is 7.11 Å². The van der Waals surface area contributed by atoms with Gasteiger partial charge in [-0.25, -0.2) is 4.79 Å². The molecule has 3 rings (SSSR count). The summed E-state index contributed by atoms with van der Waals surface area (Å²) >= 11 is 0. The summed E-state index contributed by atoms with van der Waals surface area (Å²) in [7, 11) is 1.29. The Morgan fingerprint density at radius 2 is 1.88 bits per heavy atom. The first-order valence-corrected chi connectivity index (χ1v) is 8.30. The normalized spacial score (nSPS) is 10.7. The molecule has 3 aromatic rings. The molecule has 0 radical (unpaired) electrons. The van der Waals surface area contributed by atoms with Crippen molar-refractivity contribution in [2.75, 3.05) is 7.11 Å². The molecule has 0 aliphatic rings. The van der Waals surface area contributed by atoms with E-state index in [9.17, 15) is 9.59 Å². The lowest BCUT2D eigenvalue weighted by atomic mass is 10.0. The van der Waals surface area contributed by atoms with Crippen molar-refractivity contribution >= 4 is 16.9 Å². The minimum atomic E-state index is -0.531. The first-order valence-electron chi connectivity index (χ1n) is 8.30. The standard InChI is InChI=1S/C21H20O5/c1-13-6-4-5-7-15(13)12-25-16-8-9-17-14(2)18(11-20(22)24-3)21(23)26-19(17)10-16/h4-10H,11-12H2,1-3H3. The number of aryl methyl sites for hydroxylation is 2. The highest BCUT2D eigenvalue weighted by Gasteiger charge is 2.15. The van der Waals surface area contributed by atoms with Gasteiger partial charge in [-0.1, -0.05) is 24.3 Å². The molecule has 1 aromatic heterocycles. The Labute approximate surface area is 151 Å². The van der Waals surface area contributed by atoms with Crippen LogP contribution in [0.2, 0.25) is 0 Å². The quantitative estimate of drug-likeness (QED) is 0.517. The highest BCUT2D eigenvalue weighted by molar-refractivity contribution is 5.84. The predicted octanol–water partition coefficient (Wildman–Crippen LogP) is 3.70. The summed E-state index contributed by atoms with van der Waals surface area (Å²) < 4.78 is 15.9. The van der Waals surface area contributed by atoms with E-state index in [2.05, 4.69) is 4.74 Å². The Hall–Kier alpha value is -3.08. The molecule has 0 atom stereocenters. The zero-order chi connectivity index (χ0) is 18.7. The molecule has 26 heavy (non-hydrogen) atoms. The van der Waals surface area contributed by atoms with Crippen molar-refractivity contribution in [3.8, 4) is 5.75 Å². The van der Waals surface area contributed by atoms with Crippen LogP contribution in [0, 0.1) is 13.8 Å². The van der Waals surface area contributed by atoms with Gasteiger partial charge < -0.3 is 13.9 Å². The largest absolute Gasteiger partial charge is 0.489 e. The lowest BCUT2D eigenvalue weighted by Crippen LogP contribution is -2.16. The molecule has 0 fully saturated rings. The van der Waals surface area contributed by atoms with Crippen LogP contribution in [-0.2, 0) is 22.6 Å². The maximum atomic E-state index is 12.2. The molecule has 0 saturated carbocycles. The number of fused-ring (bicyclic) bond motifs is 1. The SMILES string of the molecule is COC(=O)Cc1c(C)c2ccc(OCc3ccccc3C)cc2oc1=O. The van der Waals surface area contributed by atoms with Crippen LogP contribution in [0.15, 0.2) is 51.7 Å². The molecular weight excluding hydrogens is 332 g/mol. The second-order valence-corrected chi connectivity index (χ2v) is 6.12. The summed E-state index contributed by atoms with van der Waals surface area (Å²) in [6, 6.07) is 13.4. The molecule has 0 spiro atoms. The number of hydrogen-bond acceptors (Lipinski definition) is 5. The first-order chi connectivity index (χ1) is 12.5. The summed E-state index contributed by atoms with van der Waals surface area (Å²) in [5.41, 5.74) is 3.19. The third-order valence-corrected chi connectivity index (χ3v) is 4.46. The van der Waals surface area contributed by atoms with Gasteiger partial charge in [0.15, 0.2) is 0 Å². The summed E-state index contributed by atoms with van der Waals surface area (Å²) in [5, 5.41) is 0.770. The fraction of sp³-hybridized carbons (Fsp3) is 0.238. The van der Waals surface area contributed by atoms with Gasteiger partial charge in [0.05, 0.1) is 19.1 Å². The van der Waals surface area contributed by atoms with Crippen LogP contribution >= 0.6 is 0 Å². The van der Waals surface area contributed by atoms with E-state index in [1.807, 2.05) is 43.3 Å². The van der Waals surface area contributed by atoms with Crippen molar-refractivity contribution in [2.24, 2.45) is 0 Å². The van der Waals surface area contributed by atoms with Crippen molar-refractivity contribution in [3.05, 3.63) is 75.1 Å². The minimum absolute atomic E-state index is 0.105. The van der Waals surface area contributed by atoms with Crippen LogP contribution in [0.25, 0.3) is 11.0 Å². The van der Waals surface area contributed by atoms with Crippen molar-refractivity contribution in [3.63, 3.8) is 0 Å². The van der Waals surface area contributed by atoms with Gasteiger partial charge in [0.25, 0.3) is 0 Å². The van der Waals surface area contributed by atoms with Gasteiger partial charge in [-0.3, -0.25) is 4.79 Å². The Bertz CT molecular complexity index is 1020. The average molecular weight is 352 g/mol. The highest BCUT2D eigenvalue weighted by atomic mass is 16.5. The molecule has 0 unspecified atom stereocenters. The number of ether oxygens (including phenoxy) is 2. The molecular formula is C21H20O5. The smallest absolute Gasteiger partial charge is 0.340 e. The molecule has 0 bridgehead atoms. The number of methoxy groups -OCH3 is 1. The molecule has 2 aromatic carbocycles. The minimum Gasteiger partial charge on any atom is -0.489 e. The van der Waals surface area contributed by atoms with Crippen molar-refractivity contribution in [1.82, 2.24) is 0 Å². The van der Waals surface area contributed by atoms with E-state index in [1.54, 1.807) is 13.0 Å². The van der Waals surface area contributed by atoms with E-state index < -0.39 is 11.6 Å². The number of hydrogen-bond donors (Lipinski definition) is 0. The van der Waals surface area contributed by atoms with Gasteiger partial charge in [-0.2, -0.15) is 0 Å². The maximum Gasteiger partial charge on any atom is 0.340 e. The topological polar surface area (TPSA) is 65.7 Å². The average Bonchev–Trinajstić information content (AvgIpc) is 2.64. The molecule has 5 heteroatoms. The summed E-state index contributed by atoms with van der Waals surface area (Å²) in [4.78, 5) is 23.7. The lowest BCUT2D eigenvalue weighted by molar-refractivity contribution is -0.139. The van der Waals surface area contributed by atoms with Crippen LogP contribution in [0.4, 0.5) is 0 Å². The first kappa shape index (κ1) is 17.7. The molecule has 0 amide bonds. The number of carbonyl (C=O) groups is 1. The maximum absolute atomic E-state index is 12.2. The van der Waals surface area contributed by atoms with Crippen LogP contribution < -0.4 is 10.4 Å². The van der Waals surface area contributed by atoms with Crippen molar-refractivity contribution in [2.45, 2.75) is 26.9 Å². The second kappa shape index (κ2) is 7.44. The van der Waals surface area contributed by atoms with E-state index in [4.69, 9.17) is 9.15 Å². The molecule has 1 heterocycles. The summed E-state index contributed by atoms with van der Waals surface area (Å²) in [6.07, 6.45) is -0.105. The molecule has 0 aliphatic carbocycles. The number of carbonyl (C=O) groups excluding carboxylic acids is 1. The van der Waals surface area contributed by atoms with E-state index in [0.717, 1.165) is 16.5 Å². The van der Waals surface area contributed by atoms with E-state index >= 15 is 0 Å². The zero-order valence-corrected chi connectivity index (χ0v) is 15.0. The van der Waals surface area contributed by atoms with Gasteiger partial charge >= 0.3 is 11.6 Å².